The number of nitrogens with zero attached hydrogens (tertiary/aromatic N) is 2. The van der Waals surface area contributed by atoms with Crippen LogP contribution in [0.3, 0.4) is 0 Å². The van der Waals surface area contributed by atoms with E-state index >= 15 is 0 Å². The van der Waals surface area contributed by atoms with Gasteiger partial charge in [0, 0.05) is 25.2 Å². The molecule has 2 nitrogen and oxygen atoms in total. The smallest absolute Gasteiger partial charge is 0.0348 e. The molecule has 0 unspecified atom stereocenters. The zero-order valence-electron chi connectivity index (χ0n) is 14.1. The van der Waals surface area contributed by atoms with E-state index in [2.05, 4.69) is 15.9 Å². The minimum atomic E-state index is 0.827. The molecule has 0 aromatic rings. The van der Waals surface area contributed by atoms with E-state index in [0.29, 0.717) is 0 Å². The molecule has 0 N–H and O–H groups in total. The summed E-state index contributed by atoms with van der Waals surface area (Å²) in [6.45, 7) is 5.58. The van der Waals surface area contributed by atoms with Gasteiger partial charge in [-0.15, -0.1) is 0 Å². The lowest BCUT2D eigenvalue weighted by molar-refractivity contribution is -0.00716. The molecule has 122 valence electrons. The van der Waals surface area contributed by atoms with Crippen LogP contribution in [0.1, 0.15) is 57.8 Å². The quantitative estimate of drug-likeness (QED) is 0.718. The molecule has 0 radical (unpaired) electrons. The normalized spacial score (nSPS) is 43.0. The van der Waals surface area contributed by atoms with Crippen LogP contribution in [0.15, 0.2) is 11.6 Å². The fourth-order valence-electron chi connectivity index (χ4n) is 6.30. The van der Waals surface area contributed by atoms with E-state index < -0.39 is 0 Å². The van der Waals surface area contributed by atoms with Crippen LogP contribution in [-0.4, -0.2) is 48.1 Å². The van der Waals surface area contributed by atoms with Crippen LogP contribution >= 0.6 is 0 Å². The van der Waals surface area contributed by atoms with Crippen LogP contribution in [0.2, 0.25) is 0 Å². The summed E-state index contributed by atoms with van der Waals surface area (Å²) < 4.78 is 0. The highest BCUT2D eigenvalue weighted by Crippen LogP contribution is 2.45. The number of piperidine rings is 3. The van der Waals surface area contributed by atoms with E-state index in [-0.39, 0.29) is 0 Å². The van der Waals surface area contributed by atoms with Crippen molar-refractivity contribution in [2.75, 3.05) is 26.2 Å². The van der Waals surface area contributed by atoms with Crippen LogP contribution in [-0.2, 0) is 0 Å². The van der Waals surface area contributed by atoms with E-state index in [4.69, 9.17) is 0 Å². The van der Waals surface area contributed by atoms with Gasteiger partial charge in [0.2, 0.25) is 0 Å². The summed E-state index contributed by atoms with van der Waals surface area (Å²) in [5.41, 5.74) is 1.86. The van der Waals surface area contributed by atoms with Crippen LogP contribution in [0.25, 0.3) is 0 Å². The van der Waals surface area contributed by atoms with Crippen LogP contribution in [0.5, 0.6) is 0 Å². The van der Waals surface area contributed by atoms with Gasteiger partial charge in [0.25, 0.3) is 0 Å². The van der Waals surface area contributed by atoms with E-state index in [1.807, 2.05) is 5.57 Å². The first kappa shape index (κ1) is 14.0. The van der Waals surface area contributed by atoms with E-state index in [9.17, 15) is 0 Å². The fraction of sp³-hybridized carbons (Fsp3) is 0.900. The van der Waals surface area contributed by atoms with Gasteiger partial charge in [-0.1, -0.05) is 24.5 Å². The summed E-state index contributed by atoms with van der Waals surface area (Å²) in [6, 6.07) is 1.73. The van der Waals surface area contributed by atoms with Gasteiger partial charge in [0.05, 0.1) is 0 Å². The summed E-state index contributed by atoms with van der Waals surface area (Å²) in [7, 11) is 0. The van der Waals surface area contributed by atoms with Gasteiger partial charge in [0.1, 0.15) is 0 Å². The standard InChI is InChI=1S/C20H32N2/c1-2-9-21-14-18-12-17(19(21)8-1)11-16-7-4-10-22(20(16)18)13-15-5-3-6-15/h11,15,17-20H,1-10,12-14H2/t17-,18+,19+,20+/m0/s1. The molecule has 3 heterocycles. The van der Waals surface area contributed by atoms with Crippen molar-refractivity contribution in [3.05, 3.63) is 11.6 Å². The minimum Gasteiger partial charge on any atom is -0.299 e. The van der Waals surface area contributed by atoms with E-state index in [1.54, 1.807) is 0 Å². The molecule has 3 aliphatic heterocycles. The number of hydrogen-bond donors (Lipinski definition) is 0. The fourth-order valence-corrected chi connectivity index (χ4v) is 6.30. The van der Waals surface area contributed by atoms with Crippen molar-refractivity contribution in [1.82, 2.24) is 9.80 Å². The Labute approximate surface area is 135 Å². The van der Waals surface area contributed by atoms with Gasteiger partial charge in [-0.25, -0.2) is 0 Å². The molecule has 0 spiro atoms. The zero-order chi connectivity index (χ0) is 14.5. The number of hydrogen-bond acceptors (Lipinski definition) is 2. The molecule has 22 heavy (non-hydrogen) atoms. The van der Waals surface area contributed by atoms with Gasteiger partial charge in [-0.2, -0.15) is 0 Å². The second kappa shape index (κ2) is 5.63. The number of fused-ring (bicyclic) bond motifs is 6. The van der Waals surface area contributed by atoms with Crippen molar-refractivity contribution < 1.29 is 0 Å². The van der Waals surface area contributed by atoms with Gasteiger partial charge >= 0.3 is 0 Å². The maximum absolute atomic E-state index is 2.92. The second-order valence-electron chi connectivity index (χ2n) is 8.80. The Morgan fingerprint density at radius 1 is 1.00 bits per heavy atom. The molecule has 0 amide bonds. The van der Waals surface area contributed by atoms with Gasteiger partial charge < -0.3 is 0 Å². The SMILES string of the molecule is C1=C2CCCN(CC3CCC3)[C@H]2[C@@H]2C[C@H]1[C@H]1CCCCN1C2. The highest BCUT2D eigenvalue weighted by Gasteiger charge is 2.46. The highest BCUT2D eigenvalue weighted by atomic mass is 15.2. The van der Waals surface area contributed by atoms with Crippen LogP contribution < -0.4 is 0 Å². The molecular weight excluding hydrogens is 268 g/mol. The average molecular weight is 300 g/mol. The third kappa shape index (κ3) is 2.29. The minimum absolute atomic E-state index is 0.827. The number of rotatable bonds is 2. The Morgan fingerprint density at radius 2 is 1.95 bits per heavy atom. The summed E-state index contributed by atoms with van der Waals surface area (Å²) in [5, 5.41) is 0. The molecule has 2 aliphatic carbocycles. The van der Waals surface area contributed by atoms with Crippen molar-refractivity contribution in [2.45, 2.75) is 69.9 Å². The van der Waals surface area contributed by atoms with Crippen LogP contribution in [0, 0.1) is 17.8 Å². The van der Waals surface area contributed by atoms with Gasteiger partial charge in [-0.3, -0.25) is 9.80 Å². The first-order valence-electron chi connectivity index (χ1n) is 10.1. The molecule has 2 heteroatoms. The monoisotopic (exact) mass is 300 g/mol. The Morgan fingerprint density at radius 3 is 2.82 bits per heavy atom. The van der Waals surface area contributed by atoms with E-state index in [1.165, 1.54) is 84.0 Å². The predicted molar refractivity (Wildman–Crippen MR) is 90.8 cm³/mol. The Hall–Kier alpha value is -0.340. The Balaban J connectivity index is 1.40. The van der Waals surface area contributed by atoms with Crippen molar-refractivity contribution >= 4 is 0 Å². The third-order valence-corrected chi connectivity index (χ3v) is 7.48. The molecular formula is C20H32N2. The molecule has 3 saturated heterocycles. The summed E-state index contributed by atoms with van der Waals surface area (Å²) in [4.78, 5) is 5.80. The molecule has 4 fully saturated rings. The zero-order valence-corrected chi connectivity index (χ0v) is 14.1. The highest BCUT2D eigenvalue weighted by molar-refractivity contribution is 5.24. The van der Waals surface area contributed by atoms with Crippen molar-refractivity contribution in [2.24, 2.45) is 17.8 Å². The molecule has 5 rings (SSSR count). The lowest BCUT2D eigenvalue weighted by atomic mass is 9.67. The molecule has 0 aromatic carbocycles. The Kier molecular flexibility index (Phi) is 3.59. The lowest BCUT2D eigenvalue weighted by Gasteiger charge is -2.55. The van der Waals surface area contributed by atoms with Crippen molar-refractivity contribution in [3.8, 4) is 0 Å². The Bertz CT molecular complexity index is 453. The van der Waals surface area contributed by atoms with Gasteiger partial charge in [0.15, 0.2) is 0 Å². The lowest BCUT2D eigenvalue weighted by Crippen LogP contribution is -2.59. The molecule has 4 atom stereocenters. The predicted octanol–water partition coefficient (Wildman–Crippen LogP) is 3.68. The largest absolute Gasteiger partial charge is 0.299 e. The number of likely N-dealkylation sites (tertiary alicyclic amines) is 1. The third-order valence-electron chi connectivity index (χ3n) is 7.48. The maximum atomic E-state index is 2.92. The maximum Gasteiger partial charge on any atom is 0.0348 e. The molecule has 5 aliphatic rings. The summed E-state index contributed by atoms with van der Waals surface area (Å²) in [6.07, 6.45) is 16.0. The summed E-state index contributed by atoms with van der Waals surface area (Å²) in [5.74, 6) is 2.87. The topological polar surface area (TPSA) is 6.48 Å². The van der Waals surface area contributed by atoms with Gasteiger partial charge in [-0.05, 0) is 75.8 Å². The molecule has 2 bridgehead atoms. The summed E-state index contributed by atoms with van der Waals surface area (Å²) >= 11 is 0. The van der Waals surface area contributed by atoms with E-state index in [0.717, 1.165) is 29.8 Å². The second-order valence-corrected chi connectivity index (χ2v) is 8.80. The molecule has 0 aromatic heterocycles. The first-order valence-corrected chi connectivity index (χ1v) is 10.1. The average Bonchev–Trinajstić information content (AvgIpc) is 2.51. The van der Waals surface area contributed by atoms with Crippen LogP contribution in [0.4, 0.5) is 0 Å². The molecule has 1 saturated carbocycles. The first-order chi connectivity index (χ1) is 10.9. The van der Waals surface area contributed by atoms with Crippen molar-refractivity contribution in [3.63, 3.8) is 0 Å². The van der Waals surface area contributed by atoms with Crippen molar-refractivity contribution in [1.29, 1.82) is 0 Å².